The number of amides is 2. The van der Waals surface area contributed by atoms with Gasteiger partial charge in [-0.1, -0.05) is 79.0 Å². The quantitative estimate of drug-likeness (QED) is 0.269. The molecule has 214 valence electrons. The summed E-state index contributed by atoms with van der Waals surface area (Å²) in [5, 5.41) is 3.33. The van der Waals surface area contributed by atoms with Crippen LogP contribution < -0.4 is 9.62 Å². The van der Waals surface area contributed by atoms with Gasteiger partial charge >= 0.3 is 0 Å². The number of hydrogen-bond acceptors (Lipinski definition) is 4. The van der Waals surface area contributed by atoms with Crippen molar-refractivity contribution in [3.63, 3.8) is 0 Å². The lowest BCUT2D eigenvalue weighted by Crippen LogP contribution is -2.52. The smallest absolute Gasteiger partial charge is 0.264 e. The van der Waals surface area contributed by atoms with Crippen molar-refractivity contribution in [2.24, 2.45) is 0 Å². The third kappa shape index (κ3) is 7.77. The predicted octanol–water partition coefficient (Wildman–Crippen LogP) is 6.14. The number of hydrogen-bond donors (Lipinski definition) is 1. The van der Waals surface area contributed by atoms with Gasteiger partial charge in [-0.2, -0.15) is 0 Å². The summed E-state index contributed by atoms with van der Waals surface area (Å²) >= 11 is 12.5. The minimum Gasteiger partial charge on any atom is -0.354 e. The number of rotatable bonds is 12. The van der Waals surface area contributed by atoms with Gasteiger partial charge in [0.1, 0.15) is 12.6 Å². The summed E-state index contributed by atoms with van der Waals surface area (Å²) in [7, 11) is -4.21. The second-order valence-corrected chi connectivity index (χ2v) is 12.4. The van der Waals surface area contributed by atoms with Gasteiger partial charge in [0.05, 0.1) is 10.6 Å². The summed E-state index contributed by atoms with van der Waals surface area (Å²) in [6.45, 7) is 7.60. The van der Waals surface area contributed by atoms with E-state index in [1.54, 1.807) is 12.1 Å². The Kier molecular flexibility index (Phi) is 11.0. The molecule has 0 radical (unpaired) electrons. The van der Waals surface area contributed by atoms with E-state index in [0.717, 1.165) is 27.4 Å². The van der Waals surface area contributed by atoms with Gasteiger partial charge in [-0.3, -0.25) is 13.9 Å². The Morgan fingerprint density at radius 1 is 0.925 bits per heavy atom. The summed E-state index contributed by atoms with van der Waals surface area (Å²) in [5.74, 6) is -0.821. The average molecular weight is 605 g/mol. The first-order chi connectivity index (χ1) is 19.0. The first kappa shape index (κ1) is 31.5. The normalized spacial score (nSPS) is 12.1. The number of benzene rings is 3. The highest BCUT2D eigenvalue weighted by atomic mass is 35.5. The maximum atomic E-state index is 14.1. The Balaban J connectivity index is 2.10. The number of anilines is 1. The number of nitrogens with zero attached hydrogens (tertiary/aromatic N) is 2. The molecule has 0 fully saturated rings. The lowest BCUT2D eigenvalue weighted by atomic mass is 10.1. The van der Waals surface area contributed by atoms with E-state index >= 15 is 0 Å². The number of aryl methyl sites for hydroxylation is 2. The minimum absolute atomic E-state index is 0.0141. The van der Waals surface area contributed by atoms with Crippen LogP contribution in [0.5, 0.6) is 0 Å². The van der Waals surface area contributed by atoms with Crippen molar-refractivity contribution >= 4 is 50.7 Å². The third-order valence-electron chi connectivity index (χ3n) is 6.56. The van der Waals surface area contributed by atoms with Crippen LogP contribution in [0.1, 0.15) is 43.4 Å². The van der Waals surface area contributed by atoms with Gasteiger partial charge in [0.15, 0.2) is 0 Å². The van der Waals surface area contributed by atoms with Crippen molar-refractivity contribution in [1.82, 2.24) is 10.2 Å². The molecule has 3 aromatic carbocycles. The molecule has 7 nitrogen and oxygen atoms in total. The van der Waals surface area contributed by atoms with Crippen LogP contribution in [0.4, 0.5) is 5.69 Å². The molecule has 0 aliphatic heterocycles. The lowest BCUT2D eigenvalue weighted by Gasteiger charge is -2.33. The van der Waals surface area contributed by atoms with Crippen molar-refractivity contribution in [2.75, 3.05) is 17.4 Å². The zero-order valence-corrected chi connectivity index (χ0v) is 25.5. The van der Waals surface area contributed by atoms with E-state index in [4.69, 9.17) is 23.2 Å². The van der Waals surface area contributed by atoms with Gasteiger partial charge in [0, 0.05) is 23.1 Å². The monoisotopic (exact) mass is 603 g/mol. The molecule has 40 heavy (non-hydrogen) atoms. The summed E-state index contributed by atoms with van der Waals surface area (Å²) in [5.41, 5.74) is 2.85. The van der Waals surface area contributed by atoms with Crippen molar-refractivity contribution < 1.29 is 18.0 Å². The van der Waals surface area contributed by atoms with Gasteiger partial charge in [-0.05, 0) is 68.1 Å². The van der Waals surface area contributed by atoms with Crippen LogP contribution in [0.25, 0.3) is 0 Å². The molecule has 1 atom stereocenters. The van der Waals surface area contributed by atoms with Crippen molar-refractivity contribution in [3.8, 4) is 0 Å². The lowest BCUT2D eigenvalue weighted by molar-refractivity contribution is -0.140. The molecule has 0 aliphatic carbocycles. The molecule has 2 amide bonds. The standard InChI is InChI=1S/C30H35Cl2N3O4S/c1-5-15-33-30(37)28(6-2)34(19-23-10-8-7-9-22(23)4)29(36)20-35(26-17-24(31)16-25(32)18-26)40(38,39)27-13-11-21(3)12-14-27/h7-14,16-18,28H,5-6,15,19-20H2,1-4H3,(H,33,37)/t28-/m1/s1. The summed E-state index contributed by atoms with van der Waals surface area (Å²) < 4.78 is 28.9. The summed E-state index contributed by atoms with van der Waals surface area (Å²) in [6, 6.07) is 17.5. The van der Waals surface area contributed by atoms with Crippen molar-refractivity contribution in [2.45, 2.75) is 58.0 Å². The molecule has 0 bridgehead atoms. The minimum atomic E-state index is -4.21. The molecule has 3 rings (SSSR count). The van der Waals surface area contributed by atoms with Gasteiger partial charge < -0.3 is 10.2 Å². The zero-order valence-electron chi connectivity index (χ0n) is 23.2. The SMILES string of the molecule is CCCNC(=O)[C@@H](CC)N(Cc1ccccc1C)C(=O)CN(c1cc(Cl)cc(Cl)c1)S(=O)(=O)c1ccc(C)cc1. The third-order valence-corrected chi connectivity index (χ3v) is 8.78. The Morgan fingerprint density at radius 2 is 1.55 bits per heavy atom. The van der Waals surface area contributed by atoms with E-state index in [-0.39, 0.29) is 33.1 Å². The summed E-state index contributed by atoms with van der Waals surface area (Å²) in [4.78, 5) is 28.7. The first-order valence-corrected chi connectivity index (χ1v) is 15.3. The molecule has 0 heterocycles. The number of halogens is 2. The highest BCUT2D eigenvalue weighted by Gasteiger charge is 2.34. The Labute approximate surface area is 247 Å². The maximum absolute atomic E-state index is 14.1. The van der Waals surface area contributed by atoms with Gasteiger partial charge in [0.2, 0.25) is 11.8 Å². The van der Waals surface area contributed by atoms with Gasteiger partial charge in [0.25, 0.3) is 10.0 Å². The van der Waals surface area contributed by atoms with Crippen LogP contribution in [0.2, 0.25) is 10.0 Å². The van der Waals surface area contributed by atoms with Crippen LogP contribution in [-0.4, -0.2) is 44.3 Å². The van der Waals surface area contributed by atoms with Crippen LogP contribution in [0, 0.1) is 13.8 Å². The van der Waals surface area contributed by atoms with E-state index < -0.39 is 28.5 Å². The Bertz CT molecular complexity index is 1430. The molecule has 0 spiro atoms. The molecule has 0 unspecified atom stereocenters. The van der Waals surface area contributed by atoms with Crippen LogP contribution >= 0.6 is 23.2 Å². The van der Waals surface area contributed by atoms with Gasteiger partial charge in [-0.25, -0.2) is 8.42 Å². The number of sulfonamides is 1. The second-order valence-electron chi connectivity index (χ2n) is 9.62. The van der Waals surface area contributed by atoms with E-state index in [0.29, 0.717) is 13.0 Å². The fraction of sp³-hybridized carbons (Fsp3) is 0.333. The molecule has 0 aliphatic rings. The molecule has 3 aromatic rings. The number of carbonyl (C=O) groups excluding carboxylic acids is 2. The predicted molar refractivity (Wildman–Crippen MR) is 161 cm³/mol. The summed E-state index contributed by atoms with van der Waals surface area (Å²) in [6.07, 6.45) is 1.09. The highest BCUT2D eigenvalue weighted by molar-refractivity contribution is 7.92. The van der Waals surface area contributed by atoms with Crippen molar-refractivity contribution in [1.29, 1.82) is 0 Å². The molecular formula is C30H35Cl2N3O4S. The topological polar surface area (TPSA) is 86.8 Å². The largest absolute Gasteiger partial charge is 0.354 e. The Hall–Kier alpha value is -3.07. The van der Waals surface area contributed by atoms with E-state index in [9.17, 15) is 18.0 Å². The van der Waals surface area contributed by atoms with Crippen molar-refractivity contribution in [3.05, 3.63) is 93.5 Å². The van der Waals surface area contributed by atoms with Gasteiger partial charge in [-0.15, -0.1) is 0 Å². The number of carbonyl (C=O) groups is 2. The van der Waals surface area contributed by atoms with E-state index in [2.05, 4.69) is 5.32 Å². The molecule has 1 N–H and O–H groups in total. The van der Waals surface area contributed by atoms with Crippen LogP contribution in [-0.2, 0) is 26.2 Å². The molecule has 0 aromatic heterocycles. The van der Waals surface area contributed by atoms with E-state index in [1.807, 2.05) is 52.0 Å². The number of nitrogens with one attached hydrogen (secondary N) is 1. The molecule has 0 saturated carbocycles. The Morgan fingerprint density at radius 3 is 2.12 bits per heavy atom. The highest BCUT2D eigenvalue weighted by Crippen LogP contribution is 2.30. The molecule has 0 saturated heterocycles. The second kappa shape index (κ2) is 14.0. The molecule has 10 heteroatoms. The van der Waals surface area contributed by atoms with Crippen LogP contribution in [0.3, 0.4) is 0 Å². The van der Waals surface area contributed by atoms with E-state index in [1.165, 1.54) is 35.2 Å². The fourth-order valence-electron chi connectivity index (χ4n) is 4.31. The molecular weight excluding hydrogens is 569 g/mol. The fourth-order valence-corrected chi connectivity index (χ4v) is 6.22. The first-order valence-electron chi connectivity index (χ1n) is 13.1. The zero-order chi connectivity index (χ0) is 29.4. The maximum Gasteiger partial charge on any atom is 0.264 e. The van der Waals surface area contributed by atoms with Crippen LogP contribution in [0.15, 0.2) is 71.6 Å². The average Bonchev–Trinajstić information content (AvgIpc) is 2.90.